The molecule has 2 N–H and O–H groups in total. The van der Waals surface area contributed by atoms with E-state index in [0.29, 0.717) is 16.7 Å². The number of aliphatic carboxylic acids is 1. The topological polar surface area (TPSA) is 81.1 Å². The number of aryl methyl sites for hydroxylation is 1. The molecular formula is C23H30F4N2O4. The molecule has 2 unspecified atom stereocenters. The highest BCUT2D eigenvalue weighted by Crippen LogP contribution is 2.42. The number of hydrogen-bond acceptors (Lipinski definition) is 5. The Morgan fingerprint density at radius 3 is 2.30 bits per heavy atom. The lowest BCUT2D eigenvalue weighted by Crippen LogP contribution is -2.37. The van der Waals surface area contributed by atoms with E-state index in [4.69, 9.17) is 9.90 Å². The zero-order valence-electron chi connectivity index (χ0n) is 19.1. The van der Waals surface area contributed by atoms with E-state index < -0.39 is 30.0 Å². The number of carbonyl (C=O) groups excluding carboxylic acids is 1. The third-order valence-electron chi connectivity index (χ3n) is 5.70. The van der Waals surface area contributed by atoms with Crippen LogP contribution in [0.25, 0.3) is 0 Å². The maximum Gasteiger partial charge on any atom is 0.414 e. The molecule has 0 bridgehead atoms. The fourth-order valence-corrected chi connectivity index (χ4v) is 4.17. The van der Waals surface area contributed by atoms with E-state index >= 15 is 0 Å². The summed E-state index contributed by atoms with van der Waals surface area (Å²) in [6.07, 6.45) is -2.54. The van der Waals surface area contributed by atoms with E-state index in [1.807, 2.05) is 4.90 Å². The van der Waals surface area contributed by atoms with E-state index in [2.05, 4.69) is 0 Å². The van der Waals surface area contributed by atoms with Crippen LogP contribution in [0, 0.1) is 25.6 Å². The predicted octanol–water partition coefficient (Wildman–Crippen LogP) is 4.35. The highest BCUT2D eigenvalue weighted by Gasteiger charge is 2.46. The monoisotopic (exact) mass is 474 g/mol. The summed E-state index contributed by atoms with van der Waals surface area (Å²) in [7, 11) is 0. The average molecular weight is 474 g/mol. The lowest BCUT2D eigenvalue weighted by Gasteiger charge is -2.30. The smallest absolute Gasteiger partial charge is 0.414 e. The number of alkyl halides is 3. The van der Waals surface area contributed by atoms with Crippen molar-refractivity contribution in [2.24, 2.45) is 5.92 Å². The number of hydrogen-bond donors (Lipinski definition) is 2. The number of benzene rings is 1. The summed E-state index contributed by atoms with van der Waals surface area (Å²) in [5.41, 5.74) is 2.93. The van der Waals surface area contributed by atoms with Crippen molar-refractivity contribution in [1.29, 1.82) is 0 Å². The van der Waals surface area contributed by atoms with Gasteiger partial charge in [-0.25, -0.2) is 4.39 Å². The molecule has 2 fully saturated rings. The van der Waals surface area contributed by atoms with Gasteiger partial charge in [0.2, 0.25) is 0 Å². The van der Waals surface area contributed by atoms with Crippen molar-refractivity contribution in [3.63, 3.8) is 0 Å². The standard InChI is InChI=1S/C21H26F4N2O2.C2H4O2/c1-12(11-28)9-27(16-4-5-16)18-13(2)8-17(22)19(14(18)3)26-7-6-15(10-26)20(29)21(23,24)25;1-2(3)4/h8-9,11,15-16,20,29H,4-7,10H2,1-3H3;1H3,(H,3,4)/b12-9-;. The minimum Gasteiger partial charge on any atom is -0.481 e. The largest absolute Gasteiger partial charge is 0.481 e. The second kappa shape index (κ2) is 10.5. The number of allylic oxidation sites excluding steroid dienone is 1. The third-order valence-corrected chi connectivity index (χ3v) is 5.70. The number of aliphatic hydroxyl groups excluding tert-OH is 1. The summed E-state index contributed by atoms with van der Waals surface area (Å²) in [6, 6.07) is 1.61. The Hall–Kier alpha value is -2.62. The molecule has 0 aromatic heterocycles. The molecule has 1 aliphatic heterocycles. The number of anilines is 2. The SMILES string of the molecule is C/C(C=O)=C/N(c1c(C)cc(F)c(N2CCC(C(O)C(F)(F)F)C2)c1C)C1CC1.CC(=O)O. The molecule has 2 aliphatic rings. The molecule has 6 nitrogen and oxygen atoms in total. The number of carboxylic acid groups (broad SMARTS) is 1. The Morgan fingerprint density at radius 1 is 1.24 bits per heavy atom. The number of rotatable bonds is 6. The molecule has 184 valence electrons. The molecule has 1 aliphatic carbocycles. The highest BCUT2D eigenvalue weighted by atomic mass is 19.4. The molecule has 1 heterocycles. The second-order valence-corrected chi connectivity index (χ2v) is 8.63. The van der Waals surface area contributed by atoms with Gasteiger partial charge in [0.1, 0.15) is 12.1 Å². The van der Waals surface area contributed by atoms with Crippen LogP contribution in [0.2, 0.25) is 0 Å². The van der Waals surface area contributed by atoms with E-state index in [-0.39, 0.29) is 31.2 Å². The van der Waals surface area contributed by atoms with E-state index in [1.54, 1.807) is 31.9 Å². The Balaban J connectivity index is 0.000000890. The van der Waals surface area contributed by atoms with Crippen LogP contribution in [-0.4, -0.2) is 53.9 Å². The Bertz CT molecular complexity index is 909. The third kappa shape index (κ3) is 6.69. The van der Waals surface area contributed by atoms with Crippen LogP contribution in [-0.2, 0) is 9.59 Å². The van der Waals surface area contributed by atoms with Crippen LogP contribution < -0.4 is 9.80 Å². The molecule has 1 saturated heterocycles. The fourth-order valence-electron chi connectivity index (χ4n) is 4.17. The zero-order chi connectivity index (χ0) is 25.1. The maximum atomic E-state index is 14.9. The minimum atomic E-state index is -4.69. The van der Waals surface area contributed by atoms with Crippen LogP contribution in [0.4, 0.5) is 28.9 Å². The van der Waals surface area contributed by atoms with Gasteiger partial charge in [0.15, 0.2) is 6.10 Å². The van der Waals surface area contributed by atoms with Gasteiger partial charge in [0.05, 0.1) is 5.69 Å². The van der Waals surface area contributed by atoms with Crippen molar-refractivity contribution in [2.45, 2.75) is 65.3 Å². The number of aliphatic hydroxyl groups is 1. The molecule has 0 spiro atoms. The van der Waals surface area contributed by atoms with Gasteiger partial charge in [0.25, 0.3) is 5.97 Å². The number of carboxylic acids is 1. The quantitative estimate of drug-likeness (QED) is 0.362. The van der Waals surface area contributed by atoms with E-state index in [9.17, 15) is 27.5 Å². The van der Waals surface area contributed by atoms with Crippen molar-refractivity contribution in [1.82, 2.24) is 0 Å². The van der Waals surface area contributed by atoms with Crippen LogP contribution in [0.3, 0.4) is 0 Å². The van der Waals surface area contributed by atoms with E-state index in [1.165, 1.54) is 6.07 Å². The zero-order valence-corrected chi connectivity index (χ0v) is 19.1. The highest BCUT2D eigenvalue weighted by molar-refractivity contribution is 5.77. The first kappa shape index (κ1) is 26.6. The summed E-state index contributed by atoms with van der Waals surface area (Å²) >= 11 is 0. The lowest BCUT2D eigenvalue weighted by atomic mass is 10.0. The summed E-state index contributed by atoms with van der Waals surface area (Å²) in [5.74, 6) is -2.31. The second-order valence-electron chi connectivity index (χ2n) is 8.63. The van der Waals surface area contributed by atoms with Crippen LogP contribution in [0.1, 0.15) is 44.2 Å². The molecule has 1 aromatic carbocycles. The van der Waals surface area contributed by atoms with Crippen LogP contribution in [0.5, 0.6) is 0 Å². The molecule has 0 radical (unpaired) electrons. The fraction of sp³-hybridized carbons (Fsp3) is 0.565. The van der Waals surface area contributed by atoms with Gasteiger partial charge >= 0.3 is 6.18 Å². The van der Waals surface area contributed by atoms with Gasteiger partial charge in [0, 0.05) is 49.4 Å². The Labute approximate surface area is 190 Å². The molecule has 2 atom stereocenters. The first-order valence-electron chi connectivity index (χ1n) is 10.7. The normalized spacial score (nSPS) is 19.6. The van der Waals surface area contributed by atoms with Crippen LogP contribution >= 0.6 is 0 Å². The molecule has 0 amide bonds. The summed E-state index contributed by atoms with van der Waals surface area (Å²) in [6.45, 7) is 6.50. The molecule has 33 heavy (non-hydrogen) atoms. The van der Waals surface area contributed by atoms with Crippen molar-refractivity contribution in [3.05, 3.63) is 34.8 Å². The summed E-state index contributed by atoms with van der Waals surface area (Å²) < 4.78 is 53.5. The maximum absolute atomic E-state index is 14.9. The summed E-state index contributed by atoms with van der Waals surface area (Å²) in [5, 5.41) is 17.0. The number of halogens is 4. The van der Waals surface area contributed by atoms with Crippen molar-refractivity contribution in [3.8, 4) is 0 Å². The van der Waals surface area contributed by atoms with Gasteiger partial charge in [-0.3, -0.25) is 9.59 Å². The lowest BCUT2D eigenvalue weighted by molar-refractivity contribution is -0.217. The van der Waals surface area contributed by atoms with Gasteiger partial charge in [-0.05, 0) is 57.2 Å². The van der Waals surface area contributed by atoms with Crippen molar-refractivity contribution < 1.29 is 37.4 Å². The first-order chi connectivity index (χ1) is 15.3. The Morgan fingerprint density at radius 2 is 1.82 bits per heavy atom. The molecule has 10 heteroatoms. The van der Waals surface area contributed by atoms with Crippen LogP contribution in [0.15, 0.2) is 17.8 Å². The first-order valence-corrected chi connectivity index (χ1v) is 10.7. The van der Waals surface area contributed by atoms with Gasteiger partial charge in [-0.2, -0.15) is 13.2 Å². The summed E-state index contributed by atoms with van der Waals surface area (Å²) in [4.78, 5) is 23.7. The van der Waals surface area contributed by atoms with E-state index in [0.717, 1.165) is 31.7 Å². The Kier molecular flexibility index (Phi) is 8.51. The minimum absolute atomic E-state index is 0.0619. The van der Waals surface area contributed by atoms with Crippen molar-refractivity contribution in [2.75, 3.05) is 22.9 Å². The van der Waals surface area contributed by atoms with Gasteiger partial charge in [-0.1, -0.05) is 0 Å². The molecule has 1 aromatic rings. The number of nitrogens with zero attached hydrogens (tertiary/aromatic N) is 2. The number of aldehydes is 1. The van der Waals surface area contributed by atoms with Gasteiger partial charge < -0.3 is 20.0 Å². The van der Waals surface area contributed by atoms with Crippen molar-refractivity contribution >= 4 is 23.6 Å². The molecule has 1 saturated carbocycles. The van der Waals surface area contributed by atoms with Gasteiger partial charge in [-0.15, -0.1) is 0 Å². The molecule has 3 rings (SSSR count). The average Bonchev–Trinajstić information content (AvgIpc) is 3.43. The predicted molar refractivity (Wildman–Crippen MR) is 117 cm³/mol. The molecular weight excluding hydrogens is 444 g/mol. The number of carbonyl (C=O) groups is 2.